The molecule has 5 heteroatoms. The Bertz CT molecular complexity index is 513. The van der Waals surface area contributed by atoms with Crippen molar-refractivity contribution in [3.63, 3.8) is 0 Å². The monoisotopic (exact) mass is 277 g/mol. The van der Waals surface area contributed by atoms with Crippen LogP contribution in [0.15, 0.2) is 4.52 Å². The molecule has 0 bridgehead atoms. The molecule has 0 radical (unpaired) electrons. The maximum absolute atomic E-state index is 12.5. The molecule has 0 N–H and O–H groups in total. The summed E-state index contributed by atoms with van der Waals surface area (Å²) in [6.07, 6.45) is 2.65. The van der Waals surface area contributed by atoms with E-state index >= 15 is 0 Å². The van der Waals surface area contributed by atoms with Crippen LogP contribution in [0, 0.1) is 17.8 Å². The third-order valence-corrected chi connectivity index (χ3v) is 4.46. The van der Waals surface area contributed by atoms with Crippen LogP contribution in [0.5, 0.6) is 0 Å². The fraction of sp³-hybridized carbons (Fsp3) is 0.800. The number of hydrogen-bond donors (Lipinski definition) is 0. The van der Waals surface area contributed by atoms with Crippen LogP contribution in [0.25, 0.3) is 0 Å². The highest BCUT2D eigenvalue weighted by Crippen LogP contribution is 2.43. The zero-order valence-electron chi connectivity index (χ0n) is 12.7. The standard InChI is InChI=1S/C15H23N3O2/c1-9-7-18(8-11(9)10-5-6-10)13(19)12-16-14(17-20-12)15(2,3)4/h9-11H,5-8H2,1-4H3. The lowest BCUT2D eigenvalue weighted by atomic mass is 9.93. The zero-order chi connectivity index (χ0) is 14.5. The smallest absolute Gasteiger partial charge is 0.316 e. The molecule has 2 aliphatic rings. The fourth-order valence-electron chi connectivity index (χ4n) is 3.05. The Morgan fingerprint density at radius 1 is 1.30 bits per heavy atom. The second-order valence-corrected chi connectivity index (χ2v) is 7.36. The molecule has 110 valence electrons. The van der Waals surface area contributed by atoms with Gasteiger partial charge in [-0.3, -0.25) is 4.79 Å². The average molecular weight is 277 g/mol. The third kappa shape index (κ3) is 2.45. The number of nitrogens with zero attached hydrogens (tertiary/aromatic N) is 3. The van der Waals surface area contributed by atoms with Gasteiger partial charge in [-0.1, -0.05) is 32.9 Å². The van der Waals surface area contributed by atoms with E-state index in [2.05, 4.69) is 17.1 Å². The van der Waals surface area contributed by atoms with Crippen molar-refractivity contribution in [2.75, 3.05) is 13.1 Å². The zero-order valence-corrected chi connectivity index (χ0v) is 12.7. The van der Waals surface area contributed by atoms with Gasteiger partial charge in [-0.25, -0.2) is 0 Å². The molecule has 1 aliphatic carbocycles. The van der Waals surface area contributed by atoms with E-state index in [1.807, 2.05) is 25.7 Å². The minimum atomic E-state index is -0.198. The molecule has 2 atom stereocenters. The first-order valence-electron chi connectivity index (χ1n) is 7.49. The van der Waals surface area contributed by atoms with Gasteiger partial charge in [0.15, 0.2) is 5.82 Å². The summed E-state index contributed by atoms with van der Waals surface area (Å²) in [6, 6.07) is 0. The summed E-state index contributed by atoms with van der Waals surface area (Å²) in [6.45, 7) is 9.92. The van der Waals surface area contributed by atoms with E-state index in [1.165, 1.54) is 12.8 Å². The maximum Gasteiger partial charge on any atom is 0.316 e. The highest BCUT2D eigenvalue weighted by atomic mass is 16.5. The predicted octanol–water partition coefficient (Wildman–Crippen LogP) is 2.49. The number of likely N-dealkylation sites (tertiary alicyclic amines) is 1. The van der Waals surface area contributed by atoms with Crippen LogP contribution in [-0.2, 0) is 5.41 Å². The van der Waals surface area contributed by atoms with Gasteiger partial charge in [0.25, 0.3) is 0 Å². The SMILES string of the molecule is CC1CN(C(=O)c2nc(C(C)(C)C)no2)CC1C1CC1. The van der Waals surface area contributed by atoms with Gasteiger partial charge in [0.1, 0.15) is 0 Å². The van der Waals surface area contributed by atoms with Gasteiger partial charge in [0, 0.05) is 18.5 Å². The number of carbonyl (C=O) groups is 1. The van der Waals surface area contributed by atoms with Gasteiger partial charge < -0.3 is 9.42 Å². The Hall–Kier alpha value is -1.39. The normalized spacial score (nSPS) is 27.1. The summed E-state index contributed by atoms with van der Waals surface area (Å²) in [4.78, 5) is 18.6. The summed E-state index contributed by atoms with van der Waals surface area (Å²) >= 11 is 0. The van der Waals surface area contributed by atoms with Crippen LogP contribution in [0.3, 0.4) is 0 Å². The molecule has 2 unspecified atom stereocenters. The van der Waals surface area contributed by atoms with E-state index in [0.29, 0.717) is 17.7 Å². The van der Waals surface area contributed by atoms with Gasteiger partial charge in [0.2, 0.25) is 0 Å². The quantitative estimate of drug-likeness (QED) is 0.833. The van der Waals surface area contributed by atoms with Crippen LogP contribution in [-0.4, -0.2) is 34.0 Å². The Morgan fingerprint density at radius 2 is 2.00 bits per heavy atom. The second-order valence-electron chi connectivity index (χ2n) is 7.36. The van der Waals surface area contributed by atoms with Crippen LogP contribution < -0.4 is 0 Å². The molecular formula is C15H23N3O2. The molecule has 20 heavy (non-hydrogen) atoms. The lowest BCUT2D eigenvalue weighted by molar-refractivity contribution is 0.0734. The molecule has 0 aromatic carbocycles. The van der Waals surface area contributed by atoms with Gasteiger partial charge in [-0.15, -0.1) is 0 Å². The molecule has 0 spiro atoms. The third-order valence-electron chi connectivity index (χ3n) is 4.46. The first-order chi connectivity index (χ1) is 9.36. The lowest BCUT2D eigenvalue weighted by Crippen LogP contribution is -2.29. The molecule has 5 nitrogen and oxygen atoms in total. The number of carbonyl (C=O) groups excluding carboxylic acids is 1. The molecule has 1 aromatic heterocycles. The van der Waals surface area contributed by atoms with Crippen molar-refractivity contribution < 1.29 is 9.32 Å². The van der Waals surface area contributed by atoms with Crippen molar-refractivity contribution in [2.45, 2.75) is 46.0 Å². The largest absolute Gasteiger partial charge is 0.334 e. The van der Waals surface area contributed by atoms with Crippen molar-refractivity contribution in [3.05, 3.63) is 11.7 Å². The molecule has 2 fully saturated rings. The summed E-state index contributed by atoms with van der Waals surface area (Å²) in [5.41, 5.74) is -0.198. The van der Waals surface area contributed by atoms with Crippen LogP contribution in [0.1, 0.15) is 57.0 Å². The molecule has 1 amide bonds. The fourth-order valence-corrected chi connectivity index (χ4v) is 3.05. The highest BCUT2D eigenvalue weighted by Gasteiger charge is 2.42. The van der Waals surface area contributed by atoms with Crippen molar-refractivity contribution in [1.29, 1.82) is 0 Å². The first kappa shape index (κ1) is 13.6. The molecular weight excluding hydrogens is 254 g/mol. The minimum absolute atomic E-state index is 0.108. The van der Waals surface area contributed by atoms with Crippen LogP contribution >= 0.6 is 0 Å². The number of rotatable bonds is 2. The van der Waals surface area contributed by atoms with Crippen molar-refractivity contribution in [3.8, 4) is 0 Å². The topological polar surface area (TPSA) is 59.2 Å². The van der Waals surface area contributed by atoms with Gasteiger partial charge >= 0.3 is 11.8 Å². The average Bonchev–Trinajstić information content (AvgIpc) is 2.93. The summed E-state index contributed by atoms with van der Waals surface area (Å²) in [5, 5.41) is 3.93. The summed E-state index contributed by atoms with van der Waals surface area (Å²) < 4.78 is 5.16. The summed E-state index contributed by atoms with van der Waals surface area (Å²) in [7, 11) is 0. The molecule has 1 saturated carbocycles. The second kappa shape index (κ2) is 4.57. The predicted molar refractivity (Wildman–Crippen MR) is 74.3 cm³/mol. The van der Waals surface area contributed by atoms with E-state index in [1.54, 1.807) is 0 Å². The van der Waals surface area contributed by atoms with Gasteiger partial charge in [-0.05, 0) is 30.6 Å². The Balaban J connectivity index is 1.71. The molecule has 3 rings (SSSR count). The Morgan fingerprint density at radius 3 is 2.55 bits per heavy atom. The van der Waals surface area contributed by atoms with Crippen molar-refractivity contribution >= 4 is 5.91 Å². The first-order valence-corrected chi connectivity index (χ1v) is 7.49. The molecule has 2 heterocycles. The number of aromatic nitrogens is 2. The number of amides is 1. The van der Waals surface area contributed by atoms with Gasteiger partial charge in [-0.2, -0.15) is 4.98 Å². The van der Waals surface area contributed by atoms with Crippen molar-refractivity contribution in [1.82, 2.24) is 15.0 Å². The molecule has 1 aliphatic heterocycles. The number of hydrogen-bond acceptors (Lipinski definition) is 4. The molecule has 1 saturated heterocycles. The van der Waals surface area contributed by atoms with E-state index < -0.39 is 0 Å². The molecule has 1 aromatic rings. The lowest BCUT2D eigenvalue weighted by Gasteiger charge is -2.14. The maximum atomic E-state index is 12.5. The van der Waals surface area contributed by atoms with E-state index in [4.69, 9.17) is 4.52 Å². The highest BCUT2D eigenvalue weighted by molar-refractivity contribution is 5.89. The van der Waals surface area contributed by atoms with E-state index in [9.17, 15) is 4.79 Å². The van der Waals surface area contributed by atoms with Crippen LogP contribution in [0.2, 0.25) is 0 Å². The van der Waals surface area contributed by atoms with E-state index in [-0.39, 0.29) is 17.2 Å². The van der Waals surface area contributed by atoms with Crippen molar-refractivity contribution in [2.24, 2.45) is 17.8 Å². The summed E-state index contributed by atoms with van der Waals surface area (Å²) in [5.74, 6) is 2.68. The van der Waals surface area contributed by atoms with Crippen LogP contribution in [0.4, 0.5) is 0 Å². The Kier molecular flexibility index (Phi) is 3.10. The minimum Gasteiger partial charge on any atom is -0.334 e. The Labute approximate surface area is 119 Å². The van der Waals surface area contributed by atoms with Gasteiger partial charge in [0.05, 0.1) is 0 Å². The van der Waals surface area contributed by atoms with E-state index in [0.717, 1.165) is 19.0 Å².